The lowest BCUT2D eigenvalue weighted by Gasteiger charge is -2.14. The van der Waals surface area contributed by atoms with Crippen molar-refractivity contribution in [2.24, 2.45) is 0 Å². The molecule has 0 atom stereocenters. The molecule has 0 fully saturated rings. The minimum Gasteiger partial charge on any atom is -0.255 e. The fraction of sp³-hybridized carbons (Fsp3) is 0. The number of aromatic nitrogens is 1. The van der Waals surface area contributed by atoms with Crippen molar-refractivity contribution >= 4 is 65.2 Å². The summed E-state index contributed by atoms with van der Waals surface area (Å²) >= 11 is 1.80. The Bertz CT molecular complexity index is 2030. The minimum atomic E-state index is 0.991. The fourth-order valence-corrected chi connectivity index (χ4v) is 6.57. The number of hydrogen-bond acceptors (Lipinski definition) is 2. The molecule has 5 aromatic carbocycles. The third-order valence-electron chi connectivity index (χ3n) is 7.27. The smallest absolute Gasteiger partial charge is 0.0709 e. The lowest BCUT2D eigenvalue weighted by molar-refractivity contribution is 1.37. The predicted molar refractivity (Wildman–Crippen MR) is 163 cm³/mol. The van der Waals surface area contributed by atoms with Crippen LogP contribution in [0.1, 0.15) is 11.1 Å². The van der Waals surface area contributed by atoms with Crippen LogP contribution in [0.25, 0.3) is 76.3 Å². The van der Waals surface area contributed by atoms with Crippen molar-refractivity contribution in [2.45, 2.75) is 0 Å². The number of benzene rings is 5. The van der Waals surface area contributed by atoms with Gasteiger partial charge in [0.05, 0.1) is 10.4 Å². The molecule has 0 aliphatic carbocycles. The minimum absolute atomic E-state index is 0.991. The van der Waals surface area contributed by atoms with Crippen LogP contribution in [0.2, 0.25) is 0 Å². The molecule has 2 aromatic heterocycles. The Morgan fingerprint density at radius 3 is 2.03 bits per heavy atom. The number of rotatable bonds is 4. The van der Waals surface area contributed by atoms with E-state index in [1.165, 1.54) is 52.8 Å². The first kappa shape index (κ1) is 21.7. The highest BCUT2D eigenvalue weighted by Gasteiger charge is 2.13. The summed E-state index contributed by atoms with van der Waals surface area (Å²) in [7, 11) is 0. The van der Waals surface area contributed by atoms with Crippen LogP contribution in [0.3, 0.4) is 0 Å². The van der Waals surface area contributed by atoms with Crippen molar-refractivity contribution in [1.82, 2.24) is 4.98 Å². The van der Waals surface area contributed by atoms with E-state index in [2.05, 4.69) is 110 Å². The third kappa shape index (κ3) is 3.41. The molecule has 0 aliphatic heterocycles. The Hall–Kier alpha value is -4.53. The highest BCUT2D eigenvalue weighted by atomic mass is 32.1. The van der Waals surface area contributed by atoms with Gasteiger partial charge in [-0.3, -0.25) is 4.98 Å². The summed E-state index contributed by atoms with van der Waals surface area (Å²) < 4.78 is 2.52. The Kier molecular flexibility index (Phi) is 5.02. The molecule has 0 saturated heterocycles. The van der Waals surface area contributed by atoms with Gasteiger partial charge in [0.25, 0.3) is 0 Å². The average Bonchev–Trinajstić information content (AvgIpc) is 3.34. The van der Waals surface area contributed by atoms with Gasteiger partial charge in [-0.25, -0.2) is 0 Å². The van der Waals surface area contributed by atoms with Crippen molar-refractivity contribution in [3.63, 3.8) is 0 Å². The highest BCUT2D eigenvalue weighted by Crippen LogP contribution is 2.38. The molecule has 0 radical (unpaired) electrons. The van der Waals surface area contributed by atoms with E-state index in [4.69, 9.17) is 4.98 Å². The summed E-state index contributed by atoms with van der Waals surface area (Å²) in [4.78, 5) is 4.83. The van der Waals surface area contributed by atoms with Gasteiger partial charge in [0, 0.05) is 27.2 Å². The second kappa shape index (κ2) is 8.55. The van der Waals surface area contributed by atoms with Crippen molar-refractivity contribution in [1.29, 1.82) is 0 Å². The number of thiophene rings is 1. The molecule has 2 heteroatoms. The molecule has 7 aromatic rings. The normalized spacial score (nSPS) is 11.5. The van der Waals surface area contributed by atoms with Gasteiger partial charge in [-0.1, -0.05) is 98.1 Å². The molecule has 2 heterocycles. The number of nitrogens with zero attached hydrogens (tertiary/aromatic N) is 1. The first-order chi connectivity index (χ1) is 18.2. The Balaban J connectivity index is 1.40. The third-order valence-corrected chi connectivity index (χ3v) is 8.39. The maximum Gasteiger partial charge on any atom is 0.0709 e. The molecule has 0 spiro atoms. The van der Waals surface area contributed by atoms with E-state index in [-0.39, 0.29) is 0 Å². The fourth-order valence-electron chi connectivity index (χ4n) is 5.51. The van der Waals surface area contributed by atoms with Crippen LogP contribution in [-0.4, -0.2) is 4.98 Å². The van der Waals surface area contributed by atoms with Gasteiger partial charge in [-0.2, -0.15) is 0 Å². The van der Waals surface area contributed by atoms with Crippen molar-refractivity contribution in [3.8, 4) is 22.4 Å². The number of fused-ring (bicyclic) bond motifs is 6. The standard InChI is InChI=1S/C35H23NS/c1-3-25-26(4-2)31-19-23(16-17-29(31)28-13-6-5-12-27(25)28)22-10-9-11-24(18-22)33-20-32-30-14-7-8-15-34(30)37-35(32)21-36-33/h3-21H,1-2H2. The van der Waals surface area contributed by atoms with E-state index in [1.54, 1.807) is 11.3 Å². The molecule has 0 aliphatic rings. The number of hydrogen-bond donors (Lipinski definition) is 0. The molecule has 7 rings (SSSR count). The van der Waals surface area contributed by atoms with Gasteiger partial charge in [-0.15, -0.1) is 11.3 Å². The van der Waals surface area contributed by atoms with Gasteiger partial charge < -0.3 is 0 Å². The van der Waals surface area contributed by atoms with Crippen LogP contribution in [0, 0.1) is 0 Å². The van der Waals surface area contributed by atoms with Gasteiger partial charge in [0.1, 0.15) is 0 Å². The maximum atomic E-state index is 4.83. The highest BCUT2D eigenvalue weighted by molar-refractivity contribution is 7.25. The zero-order chi connectivity index (χ0) is 24.9. The molecule has 37 heavy (non-hydrogen) atoms. The molecule has 1 nitrogen and oxygen atoms in total. The zero-order valence-corrected chi connectivity index (χ0v) is 21.1. The first-order valence-corrected chi connectivity index (χ1v) is 13.2. The Labute approximate surface area is 219 Å². The second-order valence-corrected chi connectivity index (χ2v) is 10.4. The average molecular weight is 490 g/mol. The number of pyridine rings is 1. The molecular weight excluding hydrogens is 466 g/mol. The monoisotopic (exact) mass is 489 g/mol. The van der Waals surface area contributed by atoms with Crippen LogP contribution in [0.5, 0.6) is 0 Å². The first-order valence-electron chi connectivity index (χ1n) is 12.4. The predicted octanol–water partition coefficient (Wildman–Crippen LogP) is 10.4. The Morgan fingerprint density at radius 1 is 0.514 bits per heavy atom. The summed E-state index contributed by atoms with van der Waals surface area (Å²) in [5, 5.41) is 7.42. The van der Waals surface area contributed by atoms with Crippen LogP contribution >= 0.6 is 11.3 Å². The molecule has 0 N–H and O–H groups in total. The van der Waals surface area contributed by atoms with E-state index in [1.807, 2.05) is 18.3 Å². The largest absolute Gasteiger partial charge is 0.255 e. The summed E-state index contributed by atoms with van der Waals surface area (Å²) in [6.07, 6.45) is 5.91. The van der Waals surface area contributed by atoms with Gasteiger partial charge in [0.2, 0.25) is 0 Å². The second-order valence-electron chi connectivity index (χ2n) is 9.29. The maximum absolute atomic E-state index is 4.83. The van der Waals surface area contributed by atoms with E-state index in [0.717, 1.165) is 22.4 Å². The molecule has 174 valence electrons. The lowest BCUT2D eigenvalue weighted by atomic mass is 9.89. The molecular formula is C35H23NS. The Morgan fingerprint density at radius 2 is 1.19 bits per heavy atom. The van der Waals surface area contributed by atoms with E-state index >= 15 is 0 Å². The molecule has 0 amide bonds. The molecule has 0 saturated carbocycles. The van der Waals surface area contributed by atoms with Gasteiger partial charge >= 0.3 is 0 Å². The van der Waals surface area contributed by atoms with Crippen LogP contribution in [0.15, 0.2) is 116 Å². The summed E-state index contributed by atoms with van der Waals surface area (Å²) in [6, 6.07) is 34.8. The summed E-state index contributed by atoms with van der Waals surface area (Å²) in [5.41, 5.74) is 6.70. The summed E-state index contributed by atoms with van der Waals surface area (Å²) in [6.45, 7) is 8.24. The van der Waals surface area contributed by atoms with Crippen LogP contribution < -0.4 is 0 Å². The van der Waals surface area contributed by atoms with Crippen molar-refractivity contribution in [2.75, 3.05) is 0 Å². The van der Waals surface area contributed by atoms with Crippen molar-refractivity contribution in [3.05, 3.63) is 128 Å². The van der Waals surface area contributed by atoms with E-state index in [0.29, 0.717) is 0 Å². The topological polar surface area (TPSA) is 12.9 Å². The lowest BCUT2D eigenvalue weighted by Crippen LogP contribution is -1.90. The molecule has 0 unspecified atom stereocenters. The molecule has 0 bridgehead atoms. The quantitative estimate of drug-likeness (QED) is 0.224. The van der Waals surface area contributed by atoms with Crippen LogP contribution in [-0.2, 0) is 0 Å². The SMILES string of the molecule is C=Cc1c(C=C)c2cc(-c3cccc(-c4cc5c(cn4)sc4ccccc45)c3)ccc2c2ccccc12. The van der Waals surface area contributed by atoms with Crippen LogP contribution in [0.4, 0.5) is 0 Å². The van der Waals surface area contributed by atoms with E-state index < -0.39 is 0 Å². The summed E-state index contributed by atoms with van der Waals surface area (Å²) in [5.74, 6) is 0. The van der Waals surface area contributed by atoms with Crippen molar-refractivity contribution < 1.29 is 0 Å². The van der Waals surface area contributed by atoms with E-state index in [9.17, 15) is 0 Å². The van der Waals surface area contributed by atoms with Gasteiger partial charge in [-0.05, 0) is 68.1 Å². The zero-order valence-electron chi connectivity index (χ0n) is 20.2. The van der Waals surface area contributed by atoms with Gasteiger partial charge in [0.15, 0.2) is 0 Å².